The second-order valence-corrected chi connectivity index (χ2v) is 9.09. The van der Waals surface area contributed by atoms with Crippen LogP contribution >= 0.6 is 0 Å². The van der Waals surface area contributed by atoms with E-state index in [1.54, 1.807) is 0 Å². The molecule has 2 aromatic carbocycles. The third-order valence-corrected chi connectivity index (χ3v) is 5.41. The number of rotatable bonds is 4. The lowest BCUT2D eigenvalue weighted by atomic mass is 9.85. The summed E-state index contributed by atoms with van der Waals surface area (Å²) in [7, 11) is 0. The van der Waals surface area contributed by atoms with Crippen LogP contribution in [0.1, 0.15) is 80.8 Å². The molecule has 28 heavy (non-hydrogen) atoms. The zero-order valence-electron chi connectivity index (χ0n) is 18.1. The van der Waals surface area contributed by atoms with Gasteiger partial charge in [0.25, 0.3) is 5.91 Å². The van der Waals surface area contributed by atoms with E-state index in [0.717, 1.165) is 11.1 Å². The number of nitrogens with zero attached hydrogens (tertiary/aromatic N) is 1. The fourth-order valence-electron chi connectivity index (χ4n) is 3.82. The quantitative estimate of drug-likeness (QED) is 0.568. The number of aryl methyl sites for hydroxylation is 1. The first kappa shape index (κ1) is 20.2. The van der Waals surface area contributed by atoms with Gasteiger partial charge in [-0.15, -0.1) is 0 Å². The van der Waals surface area contributed by atoms with Crippen LogP contribution in [0.25, 0.3) is 10.9 Å². The number of fused-ring (bicyclic) bond motifs is 1. The van der Waals surface area contributed by atoms with Crippen LogP contribution in [-0.4, -0.2) is 10.5 Å². The maximum Gasteiger partial charge on any atom is 0.251 e. The Morgan fingerprint density at radius 3 is 2.36 bits per heavy atom. The van der Waals surface area contributed by atoms with Crippen molar-refractivity contribution in [3.63, 3.8) is 0 Å². The lowest BCUT2D eigenvalue weighted by molar-refractivity contribution is 0.0940. The molecule has 3 rings (SSSR count). The van der Waals surface area contributed by atoms with Gasteiger partial charge in [0.15, 0.2) is 0 Å². The van der Waals surface area contributed by atoms with Crippen molar-refractivity contribution in [3.05, 3.63) is 70.9 Å². The molecule has 0 radical (unpaired) electrons. The summed E-state index contributed by atoms with van der Waals surface area (Å²) in [5, 5.41) is 4.34. The van der Waals surface area contributed by atoms with E-state index in [4.69, 9.17) is 0 Å². The van der Waals surface area contributed by atoms with Crippen molar-refractivity contribution in [2.45, 2.75) is 66.0 Å². The largest absolute Gasteiger partial charge is 0.346 e. The third-order valence-electron chi connectivity index (χ3n) is 5.41. The van der Waals surface area contributed by atoms with Gasteiger partial charge in [0.1, 0.15) is 0 Å². The van der Waals surface area contributed by atoms with Crippen molar-refractivity contribution in [2.24, 2.45) is 0 Å². The molecule has 0 fully saturated rings. The highest BCUT2D eigenvalue weighted by Crippen LogP contribution is 2.27. The molecule has 1 N–H and O–H groups in total. The minimum atomic E-state index is -0.0517. The van der Waals surface area contributed by atoms with Gasteiger partial charge in [0.2, 0.25) is 0 Å². The zero-order chi connectivity index (χ0) is 20.6. The van der Waals surface area contributed by atoms with Gasteiger partial charge in [-0.2, -0.15) is 0 Å². The molecule has 0 saturated heterocycles. The van der Waals surface area contributed by atoms with Gasteiger partial charge >= 0.3 is 0 Å². The lowest BCUT2D eigenvalue weighted by Gasteiger charge is -2.22. The smallest absolute Gasteiger partial charge is 0.251 e. The maximum atomic E-state index is 12.9. The number of carbonyl (C=O) groups excluding carboxylic acids is 1. The molecule has 1 amide bonds. The van der Waals surface area contributed by atoms with Crippen LogP contribution in [-0.2, 0) is 5.41 Å². The molecule has 3 nitrogen and oxygen atoms in total. The van der Waals surface area contributed by atoms with E-state index in [1.165, 1.54) is 16.6 Å². The zero-order valence-corrected chi connectivity index (χ0v) is 18.1. The predicted octanol–water partition coefficient (Wildman–Crippen LogP) is 6.32. The normalized spacial score (nSPS) is 13.1. The molecule has 1 aromatic heterocycles. The number of nitrogens with one attached hydrogen (secondary N) is 1. The van der Waals surface area contributed by atoms with Crippen molar-refractivity contribution in [1.29, 1.82) is 0 Å². The van der Waals surface area contributed by atoms with Crippen LogP contribution in [0.5, 0.6) is 0 Å². The molecule has 3 aromatic rings. The number of hydrogen-bond acceptors (Lipinski definition) is 1. The Morgan fingerprint density at radius 1 is 1.00 bits per heavy atom. The van der Waals surface area contributed by atoms with E-state index in [1.807, 2.05) is 25.1 Å². The topological polar surface area (TPSA) is 34.0 Å². The van der Waals surface area contributed by atoms with E-state index in [-0.39, 0.29) is 17.4 Å². The minimum absolute atomic E-state index is 0.0373. The molecule has 0 spiro atoms. The minimum Gasteiger partial charge on any atom is -0.346 e. The second-order valence-electron chi connectivity index (χ2n) is 9.09. The van der Waals surface area contributed by atoms with Gasteiger partial charge in [-0.05, 0) is 67.8 Å². The number of amides is 1. The highest BCUT2D eigenvalue weighted by atomic mass is 16.1. The van der Waals surface area contributed by atoms with Crippen LogP contribution < -0.4 is 5.32 Å². The van der Waals surface area contributed by atoms with Crippen LogP contribution in [0.15, 0.2) is 48.5 Å². The lowest BCUT2D eigenvalue weighted by Crippen LogP contribution is -2.27. The molecule has 0 aliphatic heterocycles. The first-order chi connectivity index (χ1) is 13.1. The summed E-state index contributed by atoms with van der Waals surface area (Å²) >= 11 is 0. The van der Waals surface area contributed by atoms with Gasteiger partial charge in [0, 0.05) is 22.8 Å². The Labute approximate surface area is 168 Å². The van der Waals surface area contributed by atoms with Crippen LogP contribution in [0.4, 0.5) is 0 Å². The molecule has 148 valence electrons. The standard InChI is InChI=1S/C25H32N2O/c1-16(2)27-17(3)13-20-11-12-21(15-23(20)27)24(28)26-18(4)19-9-8-10-22(14-19)25(5,6)7/h8-16,18H,1-7H3,(H,26,28)/t18-/m0/s1. The van der Waals surface area contributed by atoms with Crippen molar-refractivity contribution < 1.29 is 4.79 Å². The SMILES string of the molecule is Cc1cc2ccc(C(=O)N[C@@H](C)c3cccc(C(C)(C)C)c3)cc2n1C(C)C. The highest BCUT2D eigenvalue weighted by molar-refractivity contribution is 5.98. The monoisotopic (exact) mass is 376 g/mol. The Hall–Kier alpha value is -2.55. The van der Waals surface area contributed by atoms with Crippen LogP contribution in [0.3, 0.4) is 0 Å². The number of carbonyl (C=O) groups is 1. The van der Waals surface area contributed by atoms with Crippen molar-refractivity contribution in [1.82, 2.24) is 9.88 Å². The van der Waals surface area contributed by atoms with Crippen molar-refractivity contribution >= 4 is 16.8 Å². The average Bonchev–Trinajstić information content (AvgIpc) is 2.96. The summed E-state index contributed by atoms with van der Waals surface area (Å²) in [6, 6.07) is 16.9. The molecule has 0 saturated carbocycles. The van der Waals surface area contributed by atoms with E-state index < -0.39 is 0 Å². The summed E-state index contributed by atoms with van der Waals surface area (Å²) in [4.78, 5) is 12.9. The average molecular weight is 377 g/mol. The Kier molecular flexibility index (Phi) is 5.38. The van der Waals surface area contributed by atoms with Gasteiger partial charge in [0.05, 0.1) is 6.04 Å². The van der Waals surface area contributed by atoms with Gasteiger partial charge < -0.3 is 9.88 Å². The highest BCUT2D eigenvalue weighted by Gasteiger charge is 2.17. The molecule has 1 heterocycles. The predicted molar refractivity (Wildman–Crippen MR) is 118 cm³/mol. The molecular weight excluding hydrogens is 344 g/mol. The first-order valence-electron chi connectivity index (χ1n) is 10.1. The Morgan fingerprint density at radius 2 is 1.71 bits per heavy atom. The molecule has 3 heteroatoms. The Balaban J connectivity index is 1.86. The van der Waals surface area contributed by atoms with Gasteiger partial charge in [-0.1, -0.05) is 51.1 Å². The Bertz CT molecular complexity index is 1010. The van der Waals surface area contributed by atoms with Gasteiger partial charge in [-0.25, -0.2) is 0 Å². The van der Waals surface area contributed by atoms with Gasteiger partial charge in [-0.3, -0.25) is 4.79 Å². The fraction of sp³-hybridized carbons (Fsp3) is 0.400. The molecule has 0 aliphatic carbocycles. The molecule has 0 aliphatic rings. The summed E-state index contributed by atoms with van der Waals surface area (Å²) in [6.45, 7) is 15.1. The maximum absolute atomic E-state index is 12.9. The summed E-state index contributed by atoms with van der Waals surface area (Å²) in [6.07, 6.45) is 0. The molecular formula is C25H32N2O. The number of hydrogen-bond donors (Lipinski definition) is 1. The number of aromatic nitrogens is 1. The molecule has 0 unspecified atom stereocenters. The fourth-order valence-corrected chi connectivity index (χ4v) is 3.82. The van der Waals surface area contributed by atoms with E-state index in [9.17, 15) is 4.79 Å². The van der Waals surface area contributed by atoms with Crippen molar-refractivity contribution in [2.75, 3.05) is 0 Å². The van der Waals surface area contributed by atoms with E-state index in [2.05, 4.69) is 81.8 Å². The number of benzene rings is 2. The van der Waals surface area contributed by atoms with Crippen LogP contribution in [0.2, 0.25) is 0 Å². The first-order valence-corrected chi connectivity index (χ1v) is 10.1. The summed E-state index contributed by atoms with van der Waals surface area (Å²) in [5.41, 5.74) is 5.52. The van der Waals surface area contributed by atoms with E-state index in [0.29, 0.717) is 11.6 Å². The van der Waals surface area contributed by atoms with Crippen molar-refractivity contribution in [3.8, 4) is 0 Å². The summed E-state index contributed by atoms with van der Waals surface area (Å²) in [5.74, 6) is -0.0373. The third kappa shape index (κ3) is 3.99. The molecule has 0 bridgehead atoms. The summed E-state index contributed by atoms with van der Waals surface area (Å²) < 4.78 is 2.28. The van der Waals surface area contributed by atoms with E-state index >= 15 is 0 Å². The second kappa shape index (κ2) is 7.46. The van der Waals surface area contributed by atoms with Crippen LogP contribution in [0, 0.1) is 6.92 Å². The molecule has 1 atom stereocenters.